The molecule has 1 heterocycles. The van der Waals surface area contributed by atoms with Crippen molar-refractivity contribution in [1.82, 2.24) is 5.32 Å². The molecule has 0 aliphatic carbocycles. The van der Waals surface area contributed by atoms with E-state index in [9.17, 15) is 14.7 Å². The molecular formula is C24H33NO3S. The summed E-state index contributed by atoms with van der Waals surface area (Å²) >= 11 is 1.88. The second kappa shape index (κ2) is 12.4. The van der Waals surface area contributed by atoms with Crippen molar-refractivity contribution in [3.05, 3.63) is 57.8 Å². The third kappa shape index (κ3) is 9.27. The van der Waals surface area contributed by atoms with Crippen LogP contribution in [0, 0.1) is 5.92 Å². The number of hydrogen-bond acceptors (Lipinski definition) is 3. The highest BCUT2D eigenvalue weighted by Gasteiger charge is 2.21. The fourth-order valence-electron chi connectivity index (χ4n) is 3.52. The number of aliphatic carboxylic acids is 1. The molecule has 0 saturated carbocycles. The fourth-order valence-corrected chi connectivity index (χ4v) is 4.59. The van der Waals surface area contributed by atoms with Crippen molar-refractivity contribution < 1.29 is 14.7 Å². The van der Waals surface area contributed by atoms with Crippen LogP contribution in [0.3, 0.4) is 0 Å². The van der Waals surface area contributed by atoms with Gasteiger partial charge in [-0.25, -0.2) is 4.79 Å². The Labute approximate surface area is 178 Å². The van der Waals surface area contributed by atoms with Crippen molar-refractivity contribution in [1.29, 1.82) is 0 Å². The molecule has 4 nitrogen and oxygen atoms in total. The highest BCUT2D eigenvalue weighted by Crippen LogP contribution is 2.23. The third-order valence-corrected chi connectivity index (χ3v) is 6.35. The Morgan fingerprint density at radius 2 is 1.62 bits per heavy atom. The highest BCUT2D eigenvalue weighted by atomic mass is 32.1. The summed E-state index contributed by atoms with van der Waals surface area (Å²) < 4.78 is 0. The number of unbranched alkanes of at least 4 members (excludes halogenated alkanes) is 2. The second-order valence-corrected chi connectivity index (χ2v) is 9.14. The first-order valence-electron chi connectivity index (χ1n) is 10.6. The number of carbonyl (C=O) groups excluding carboxylic acids is 1. The SMILES string of the molecule is CC(=O)N[C@H](CC(C)CCc1ccc(CCCCCc2ccccc2)s1)C(=O)O. The molecule has 0 bridgehead atoms. The average molecular weight is 416 g/mol. The third-order valence-electron chi connectivity index (χ3n) is 5.15. The predicted octanol–water partition coefficient (Wildman–Crippen LogP) is 5.25. The molecule has 1 unspecified atom stereocenters. The van der Waals surface area contributed by atoms with E-state index in [-0.39, 0.29) is 11.8 Å². The minimum absolute atomic E-state index is 0.242. The predicted molar refractivity (Wildman–Crippen MR) is 119 cm³/mol. The van der Waals surface area contributed by atoms with E-state index in [4.69, 9.17) is 0 Å². The topological polar surface area (TPSA) is 66.4 Å². The van der Waals surface area contributed by atoms with Gasteiger partial charge in [-0.2, -0.15) is 0 Å². The Hall–Kier alpha value is -2.14. The number of benzene rings is 1. The Kier molecular flexibility index (Phi) is 9.92. The first kappa shape index (κ1) is 23.1. The van der Waals surface area contributed by atoms with Crippen LogP contribution in [0.2, 0.25) is 0 Å². The number of carbonyl (C=O) groups is 2. The molecule has 2 atom stereocenters. The maximum atomic E-state index is 11.3. The minimum Gasteiger partial charge on any atom is -0.480 e. The number of hydrogen-bond donors (Lipinski definition) is 2. The van der Waals surface area contributed by atoms with E-state index in [0.29, 0.717) is 6.42 Å². The van der Waals surface area contributed by atoms with Gasteiger partial charge in [0, 0.05) is 16.7 Å². The summed E-state index contributed by atoms with van der Waals surface area (Å²) in [6.45, 7) is 3.41. The monoisotopic (exact) mass is 415 g/mol. The van der Waals surface area contributed by atoms with Gasteiger partial charge in [-0.1, -0.05) is 43.7 Å². The Balaban J connectivity index is 1.64. The lowest BCUT2D eigenvalue weighted by atomic mass is 9.96. The molecule has 0 fully saturated rings. The number of carboxylic acid groups (broad SMARTS) is 1. The van der Waals surface area contributed by atoms with E-state index >= 15 is 0 Å². The van der Waals surface area contributed by atoms with Gasteiger partial charge in [0.15, 0.2) is 0 Å². The molecule has 1 aromatic carbocycles. The lowest BCUT2D eigenvalue weighted by molar-refractivity contribution is -0.142. The van der Waals surface area contributed by atoms with Crippen molar-refractivity contribution in [3.8, 4) is 0 Å². The number of rotatable bonds is 13. The van der Waals surface area contributed by atoms with Gasteiger partial charge >= 0.3 is 5.97 Å². The van der Waals surface area contributed by atoms with Crippen LogP contribution in [-0.2, 0) is 28.9 Å². The molecule has 5 heteroatoms. The van der Waals surface area contributed by atoms with Crippen molar-refractivity contribution >= 4 is 23.2 Å². The molecule has 1 aromatic heterocycles. The van der Waals surface area contributed by atoms with Gasteiger partial charge in [0.25, 0.3) is 0 Å². The highest BCUT2D eigenvalue weighted by molar-refractivity contribution is 7.11. The number of nitrogens with one attached hydrogen (secondary N) is 1. The van der Waals surface area contributed by atoms with Gasteiger partial charge in [0.1, 0.15) is 6.04 Å². The number of amides is 1. The molecule has 0 aliphatic heterocycles. The molecule has 2 aromatic rings. The first-order valence-corrected chi connectivity index (χ1v) is 11.4. The van der Waals surface area contributed by atoms with Crippen LogP contribution in [-0.4, -0.2) is 23.0 Å². The number of aryl methyl sites for hydroxylation is 3. The molecule has 0 radical (unpaired) electrons. The van der Waals surface area contributed by atoms with Crippen LogP contribution in [0.15, 0.2) is 42.5 Å². The van der Waals surface area contributed by atoms with E-state index in [1.54, 1.807) is 0 Å². The molecule has 0 spiro atoms. The Morgan fingerprint density at radius 1 is 0.966 bits per heavy atom. The molecule has 2 N–H and O–H groups in total. The normalized spacial score (nSPS) is 13.0. The van der Waals surface area contributed by atoms with Crippen LogP contribution >= 0.6 is 11.3 Å². The summed E-state index contributed by atoms with van der Waals surface area (Å²) in [4.78, 5) is 25.2. The maximum Gasteiger partial charge on any atom is 0.326 e. The van der Waals surface area contributed by atoms with E-state index in [2.05, 4.69) is 54.7 Å². The average Bonchev–Trinajstić information content (AvgIpc) is 3.14. The Morgan fingerprint density at radius 3 is 2.28 bits per heavy atom. The summed E-state index contributed by atoms with van der Waals surface area (Å²) in [6, 6.07) is 14.3. The van der Waals surface area contributed by atoms with Gasteiger partial charge in [-0.15, -0.1) is 11.3 Å². The van der Waals surface area contributed by atoms with Crippen LogP contribution in [0.1, 0.15) is 61.3 Å². The van der Waals surface area contributed by atoms with Crippen LogP contribution in [0.5, 0.6) is 0 Å². The standard InChI is InChI=1S/C24H33NO3S/c1-18(17-23(24(27)28)25-19(2)26)13-14-22-16-15-21(29-22)12-8-4-7-11-20-9-5-3-6-10-20/h3,5-6,9-10,15-16,18,23H,4,7-8,11-14,17H2,1-2H3,(H,25,26)(H,27,28)/t18?,23-/m1/s1. The summed E-state index contributed by atoms with van der Waals surface area (Å²) in [7, 11) is 0. The summed E-state index contributed by atoms with van der Waals surface area (Å²) in [5, 5.41) is 11.8. The number of thiophene rings is 1. The van der Waals surface area contributed by atoms with Crippen molar-refractivity contribution in [3.63, 3.8) is 0 Å². The van der Waals surface area contributed by atoms with Crippen molar-refractivity contribution in [2.24, 2.45) is 5.92 Å². The number of carboxylic acids is 1. The molecule has 0 saturated heterocycles. The maximum absolute atomic E-state index is 11.3. The molecule has 0 aliphatic rings. The van der Waals surface area contributed by atoms with Crippen LogP contribution in [0.25, 0.3) is 0 Å². The van der Waals surface area contributed by atoms with Crippen LogP contribution in [0.4, 0.5) is 0 Å². The van der Waals surface area contributed by atoms with E-state index in [1.807, 2.05) is 11.3 Å². The smallest absolute Gasteiger partial charge is 0.326 e. The quantitative estimate of drug-likeness (QED) is 0.439. The summed E-state index contributed by atoms with van der Waals surface area (Å²) in [5.41, 5.74) is 1.42. The molecular weight excluding hydrogens is 382 g/mol. The largest absolute Gasteiger partial charge is 0.480 e. The fraction of sp³-hybridized carbons (Fsp3) is 0.500. The van der Waals surface area contributed by atoms with Crippen LogP contribution < -0.4 is 5.32 Å². The van der Waals surface area contributed by atoms with Gasteiger partial charge in [-0.3, -0.25) is 4.79 Å². The summed E-state index contributed by atoms with van der Waals surface area (Å²) in [5.74, 6) is -1.01. The molecule has 2 rings (SSSR count). The van der Waals surface area contributed by atoms with Gasteiger partial charge in [0.05, 0.1) is 0 Å². The molecule has 29 heavy (non-hydrogen) atoms. The first-order chi connectivity index (χ1) is 13.9. The summed E-state index contributed by atoms with van der Waals surface area (Å²) in [6.07, 6.45) is 8.36. The lowest BCUT2D eigenvalue weighted by Gasteiger charge is -2.17. The Bertz CT molecular complexity index is 756. The van der Waals surface area contributed by atoms with E-state index < -0.39 is 12.0 Å². The lowest BCUT2D eigenvalue weighted by Crippen LogP contribution is -2.40. The zero-order valence-electron chi connectivity index (χ0n) is 17.5. The zero-order chi connectivity index (χ0) is 21.1. The van der Waals surface area contributed by atoms with E-state index in [0.717, 1.165) is 25.7 Å². The molecule has 1 amide bonds. The van der Waals surface area contributed by atoms with Gasteiger partial charge in [-0.05, 0) is 68.6 Å². The van der Waals surface area contributed by atoms with E-state index in [1.165, 1.54) is 41.5 Å². The second-order valence-electron chi connectivity index (χ2n) is 7.89. The van der Waals surface area contributed by atoms with Crippen molar-refractivity contribution in [2.75, 3.05) is 0 Å². The van der Waals surface area contributed by atoms with Gasteiger partial charge < -0.3 is 10.4 Å². The molecule has 158 valence electrons. The van der Waals surface area contributed by atoms with Crippen molar-refractivity contribution in [2.45, 2.75) is 71.3 Å². The van der Waals surface area contributed by atoms with Gasteiger partial charge in [0.2, 0.25) is 5.91 Å². The zero-order valence-corrected chi connectivity index (χ0v) is 18.3. The minimum atomic E-state index is -0.960.